The average molecular weight is 840 g/mol. The highest BCUT2D eigenvalue weighted by Gasteiger charge is 2.24. The van der Waals surface area contributed by atoms with Gasteiger partial charge < -0.3 is 25.3 Å². The van der Waals surface area contributed by atoms with Crippen LogP contribution in [0.4, 0.5) is 0 Å². The Balaban J connectivity index is 1.45. The van der Waals surface area contributed by atoms with Crippen LogP contribution in [0, 0.1) is 0 Å². The molecular weight excluding hydrogens is 811 g/mol. The predicted molar refractivity (Wildman–Crippen MR) is 211 cm³/mol. The van der Waals surface area contributed by atoms with Gasteiger partial charge in [-0.05, 0) is 77.3 Å². The molecule has 19 nitrogen and oxygen atoms in total. The number of carboxylic acids is 4. The molecule has 9 rings (SSSR count). The Morgan fingerprint density at radius 3 is 1.08 bits per heavy atom. The van der Waals surface area contributed by atoms with Gasteiger partial charge in [-0.3, -0.25) is 9.80 Å². The first-order valence-corrected chi connectivity index (χ1v) is 18.6. The maximum Gasteiger partial charge on any atom is 0.367 e. The number of carbonyl (C=O) groups is 5. The van der Waals surface area contributed by atoms with Gasteiger partial charge >= 0.3 is 29.8 Å². The maximum absolute atomic E-state index is 13.1. The summed E-state index contributed by atoms with van der Waals surface area (Å²) >= 11 is 4.54. The van der Waals surface area contributed by atoms with Crippen molar-refractivity contribution in [3.05, 3.63) is 141 Å². The van der Waals surface area contributed by atoms with Crippen molar-refractivity contribution in [2.75, 3.05) is 0 Å². The molecule has 3 aliphatic rings. The molecule has 0 unspecified atom stereocenters. The minimum atomic E-state index is -1.30. The topological polar surface area (TPSA) is 272 Å². The van der Waals surface area contributed by atoms with Gasteiger partial charge in [-0.1, -0.05) is 6.07 Å². The molecule has 0 fully saturated rings. The molecule has 0 atom stereocenters. The van der Waals surface area contributed by atoms with E-state index in [1.54, 1.807) is 28.0 Å². The molecule has 0 spiro atoms. The van der Waals surface area contributed by atoms with E-state index in [4.69, 9.17) is 34.7 Å². The van der Waals surface area contributed by atoms with E-state index in [0.717, 1.165) is 0 Å². The number of pyridine rings is 6. The van der Waals surface area contributed by atoms with E-state index < -0.39 is 29.8 Å². The van der Waals surface area contributed by atoms with E-state index in [0.29, 0.717) is 11.4 Å². The Bertz CT molecular complexity index is 2730. The highest BCUT2D eigenvalue weighted by atomic mass is 32.1. The van der Waals surface area contributed by atoms with E-state index in [-0.39, 0.29) is 124 Å². The highest BCUT2D eigenvalue weighted by Crippen LogP contribution is 2.28. The number of aromatic carboxylic acids is 4. The largest absolute Gasteiger partial charge is 0.478 e. The average Bonchev–Trinajstić information content (AvgIpc) is 3.22. The Kier molecular flexibility index (Phi) is 10.8. The van der Waals surface area contributed by atoms with Crippen molar-refractivity contribution < 1.29 is 49.2 Å². The SMILES string of the molecule is O=C(O)c1cc2nc(c1)-c1cc(C(=O)O)cc(n1)CN1Cc3cc(C(=O)O)cc(n3)-c3cc(C(=O)O)cc(n3)CN(Cc3cccc(n3)-c3cc(C(=O)ON=S)cc(n3)C1)C2. The third kappa shape index (κ3) is 8.95. The Labute approximate surface area is 349 Å². The summed E-state index contributed by atoms with van der Waals surface area (Å²) < 4.78 is 3.12. The van der Waals surface area contributed by atoms with Crippen LogP contribution in [-0.4, -0.2) is 90.0 Å². The van der Waals surface area contributed by atoms with E-state index in [9.17, 15) is 44.4 Å². The smallest absolute Gasteiger partial charge is 0.367 e. The molecule has 0 saturated carbocycles. The van der Waals surface area contributed by atoms with Gasteiger partial charge in [0.15, 0.2) is 0 Å². The molecule has 0 radical (unpaired) electrons. The maximum atomic E-state index is 13.1. The van der Waals surface area contributed by atoms with Gasteiger partial charge in [0.1, 0.15) is 0 Å². The molecule has 6 aromatic rings. The van der Waals surface area contributed by atoms with Crippen LogP contribution in [0.5, 0.6) is 0 Å². The first-order chi connectivity index (χ1) is 29.3. The van der Waals surface area contributed by atoms with Gasteiger partial charge in [-0.25, -0.2) is 53.9 Å². The van der Waals surface area contributed by atoms with Crippen molar-refractivity contribution in [2.45, 2.75) is 39.3 Å². The van der Waals surface area contributed by atoms with Crippen LogP contribution in [0.3, 0.4) is 0 Å². The molecule has 0 amide bonds. The van der Waals surface area contributed by atoms with E-state index in [2.05, 4.69) is 17.0 Å². The number of hydrogen-bond donors (Lipinski definition) is 4. The number of carboxylic acid groups (broad SMARTS) is 4. The van der Waals surface area contributed by atoms with Crippen LogP contribution in [0.15, 0.2) is 83.4 Å². The third-order valence-electron chi connectivity index (χ3n) is 9.64. The van der Waals surface area contributed by atoms with E-state index in [1.807, 2.05) is 0 Å². The Hall–Kier alpha value is -7.81. The summed E-state index contributed by atoms with van der Waals surface area (Å²) in [5.74, 6) is -6.01. The number of hydrogen-bond acceptors (Lipinski definition) is 16. The van der Waals surface area contributed by atoms with E-state index >= 15 is 0 Å². The minimum Gasteiger partial charge on any atom is -0.478 e. The van der Waals surface area contributed by atoms with Crippen LogP contribution in [0.25, 0.3) is 34.2 Å². The first-order valence-electron chi connectivity index (χ1n) is 18.2. The predicted octanol–water partition coefficient (Wildman–Crippen LogP) is 4.68. The normalized spacial score (nSPS) is 15.5. The zero-order chi connectivity index (χ0) is 42.9. The third-order valence-corrected chi connectivity index (χ3v) is 9.72. The van der Waals surface area contributed by atoms with Crippen molar-refractivity contribution in [3.63, 3.8) is 0 Å². The van der Waals surface area contributed by atoms with Crippen LogP contribution in [-0.2, 0) is 56.5 Å². The molecular formula is C41H29N9O10S. The molecule has 4 N–H and O–H groups in total. The lowest BCUT2D eigenvalue weighted by Gasteiger charge is -2.24. The zero-order valence-corrected chi connectivity index (χ0v) is 32.2. The summed E-state index contributed by atoms with van der Waals surface area (Å²) in [4.78, 5) is 100. The minimum absolute atomic E-state index is 0.0327. The Morgan fingerprint density at radius 1 is 0.443 bits per heavy atom. The monoisotopic (exact) mass is 839 g/mol. The highest BCUT2D eigenvalue weighted by molar-refractivity contribution is 7.47. The molecule has 3 aliphatic heterocycles. The van der Waals surface area contributed by atoms with Gasteiger partial charge in [-0.15, -0.1) is 0 Å². The van der Waals surface area contributed by atoms with Crippen molar-refractivity contribution in [2.24, 2.45) is 4.53 Å². The summed E-state index contributed by atoms with van der Waals surface area (Å²) in [5.41, 5.74) is 1.82. The molecule has 6 aromatic heterocycles. The zero-order valence-electron chi connectivity index (χ0n) is 31.4. The van der Waals surface area contributed by atoms with Crippen LogP contribution in [0.2, 0.25) is 0 Å². The molecule has 20 heteroatoms. The number of nitrogens with zero attached hydrogens (tertiary/aromatic N) is 9. The van der Waals surface area contributed by atoms with Gasteiger partial charge in [-0.2, -0.15) is 0 Å². The summed E-state index contributed by atoms with van der Waals surface area (Å²) in [7, 11) is 0. The van der Waals surface area contributed by atoms with Gasteiger partial charge in [0.25, 0.3) is 0 Å². The Morgan fingerprint density at radius 2 is 0.738 bits per heavy atom. The summed E-state index contributed by atoms with van der Waals surface area (Å²) in [6, 6.07) is 18.6. The quantitative estimate of drug-likeness (QED) is 0.166. The van der Waals surface area contributed by atoms with Crippen molar-refractivity contribution in [3.8, 4) is 34.2 Å². The van der Waals surface area contributed by atoms with Crippen molar-refractivity contribution in [1.29, 1.82) is 0 Å². The second kappa shape index (κ2) is 16.4. The molecule has 304 valence electrons. The molecule has 14 bridgehead atoms. The summed E-state index contributed by atoms with van der Waals surface area (Å²) in [6.07, 6.45) is 0. The summed E-state index contributed by atoms with van der Waals surface area (Å²) in [6.45, 7) is -0.471. The lowest BCUT2D eigenvalue weighted by atomic mass is 10.1. The van der Waals surface area contributed by atoms with Gasteiger partial charge in [0.2, 0.25) is 0 Å². The van der Waals surface area contributed by atoms with Gasteiger partial charge in [0.05, 0.1) is 109 Å². The molecule has 61 heavy (non-hydrogen) atoms. The standard InChI is InChI=1S/C41H29N9O10S/c51-37(52)20-4-26-15-49-14-25-2-1-3-31(42-25)32-13-24(41(59)60-48-61)8-30(43-32)19-50(17-28-6-22(39(55)56)11-35(46-28)33(9-20)44-26)18-29-7-23(40(57)58)12-36(47-29)34-10-21(38(53)54)5-27(16-49)45-34/h1-13H,14-19H2,(H,51,52)(H,53,54)(H,55,56)(H,57,58). The number of carbonyl (C=O) groups excluding carboxylic acids is 1. The fourth-order valence-corrected chi connectivity index (χ4v) is 7.19. The molecule has 0 aliphatic carbocycles. The van der Waals surface area contributed by atoms with Crippen LogP contribution < -0.4 is 0 Å². The summed E-state index contributed by atoms with van der Waals surface area (Å²) in [5, 5.41) is 40.9. The second-order valence-electron chi connectivity index (χ2n) is 14.1. The molecule has 0 aromatic carbocycles. The van der Waals surface area contributed by atoms with Gasteiger partial charge in [0, 0.05) is 39.3 Å². The molecule has 9 heterocycles. The lowest BCUT2D eigenvalue weighted by Crippen LogP contribution is -2.26. The van der Waals surface area contributed by atoms with Crippen LogP contribution in [0.1, 0.15) is 86.0 Å². The first kappa shape index (κ1) is 40.0. The van der Waals surface area contributed by atoms with E-state index in [1.165, 1.54) is 60.7 Å². The van der Waals surface area contributed by atoms with Crippen LogP contribution >= 0.6 is 0 Å². The van der Waals surface area contributed by atoms with Crippen molar-refractivity contribution >= 4 is 42.3 Å². The fraction of sp³-hybridized carbons (Fsp3) is 0.146. The lowest BCUT2D eigenvalue weighted by molar-refractivity contribution is 0.0526. The second-order valence-corrected chi connectivity index (χ2v) is 14.3. The van der Waals surface area contributed by atoms with Crippen molar-refractivity contribution in [1.82, 2.24) is 39.7 Å². The number of aromatic nitrogens is 6. The molecule has 0 saturated heterocycles. The number of rotatable bonds is 6. The fourth-order valence-electron chi connectivity index (χ4n) is 7.12.